The van der Waals surface area contributed by atoms with Crippen molar-refractivity contribution in [3.05, 3.63) is 81.8 Å². The number of amides is 1. The van der Waals surface area contributed by atoms with Crippen LogP contribution in [0.2, 0.25) is 10.0 Å². The topological polar surface area (TPSA) is 32.3 Å². The maximum atomic E-state index is 12.5. The minimum atomic E-state index is -0.0173. The van der Waals surface area contributed by atoms with Crippen molar-refractivity contribution in [2.24, 2.45) is 0 Å². The molecule has 1 amide bonds. The minimum Gasteiger partial charge on any atom is -0.351 e. The number of carbonyl (C=O) groups is 1. The molecule has 3 nitrogen and oxygen atoms in total. The zero-order valence-electron chi connectivity index (χ0n) is 16.2. The van der Waals surface area contributed by atoms with Gasteiger partial charge in [0.2, 0.25) is 0 Å². The Hall–Kier alpha value is -2.07. The van der Waals surface area contributed by atoms with Crippen molar-refractivity contribution in [3.63, 3.8) is 0 Å². The summed E-state index contributed by atoms with van der Waals surface area (Å²) >= 11 is 12.5. The lowest BCUT2D eigenvalue weighted by atomic mass is 9.89. The third-order valence-corrected chi connectivity index (χ3v) is 6.57. The molecule has 1 fully saturated rings. The van der Waals surface area contributed by atoms with Crippen LogP contribution in [-0.2, 0) is 0 Å². The molecule has 1 heterocycles. The average molecular weight is 427 g/mol. The van der Waals surface area contributed by atoms with Crippen LogP contribution in [-0.4, -0.2) is 37.0 Å². The first kappa shape index (κ1) is 20.2. The van der Waals surface area contributed by atoms with Gasteiger partial charge in [-0.2, -0.15) is 0 Å². The van der Waals surface area contributed by atoms with Crippen LogP contribution in [0.3, 0.4) is 0 Å². The van der Waals surface area contributed by atoms with Gasteiger partial charge in [0.05, 0.1) is 10.0 Å². The predicted molar refractivity (Wildman–Crippen MR) is 121 cm³/mol. The minimum absolute atomic E-state index is 0.0173. The zero-order chi connectivity index (χ0) is 20.2. The smallest absolute Gasteiger partial charge is 0.251 e. The van der Waals surface area contributed by atoms with Crippen molar-refractivity contribution in [1.29, 1.82) is 0 Å². The molecule has 1 aliphatic heterocycles. The molecule has 1 N–H and O–H groups in total. The molecule has 3 aromatic rings. The van der Waals surface area contributed by atoms with E-state index < -0.39 is 0 Å². The number of nitrogens with zero attached hydrogens (tertiary/aromatic N) is 1. The van der Waals surface area contributed by atoms with Gasteiger partial charge in [0.1, 0.15) is 0 Å². The molecule has 0 radical (unpaired) electrons. The fourth-order valence-corrected chi connectivity index (χ4v) is 4.53. The summed E-state index contributed by atoms with van der Waals surface area (Å²) in [6.07, 6.45) is 2.11. The van der Waals surface area contributed by atoms with Crippen LogP contribution in [0, 0.1) is 0 Å². The highest BCUT2D eigenvalue weighted by molar-refractivity contribution is 6.42. The molecule has 0 spiro atoms. The van der Waals surface area contributed by atoms with Gasteiger partial charge in [-0.15, -0.1) is 0 Å². The van der Waals surface area contributed by atoms with Crippen molar-refractivity contribution >= 4 is 39.9 Å². The third-order valence-electron chi connectivity index (χ3n) is 5.73. The van der Waals surface area contributed by atoms with Gasteiger partial charge >= 0.3 is 0 Å². The first-order chi connectivity index (χ1) is 14.1. The normalized spacial score (nSPS) is 15.5. The first-order valence-corrected chi connectivity index (χ1v) is 10.8. The van der Waals surface area contributed by atoms with Gasteiger partial charge in [0.15, 0.2) is 0 Å². The van der Waals surface area contributed by atoms with Crippen LogP contribution in [0.25, 0.3) is 10.8 Å². The van der Waals surface area contributed by atoms with Crippen LogP contribution in [0.5, 0.6) is 0 Å². The fourth-order valence-electron chi connectivity index (χ4n) is 4.06. The van der Waals surface area contributed by atoms with E-state index in [-0.39, 0.29) is 5.91 Å². The molecule has 1 saturated heterocycles. The van der Waals surface area contributed by atoms with Gasteiger partial charge in [-0.05, 0) is 66.4 Å². The molecule has 0 aliphatic carbocycles. The molecule has 150 valence electrons. The summed E-state index contributed by atoms with van der Waals surface area (Å²) in [6, 6.07) is 19.8. The number of rotatable bonds is 5. The molecule has 4 rings (SSSR count). The highest BCUT2D eigenvalue weighted by Gasteiger charge is 2.22. The number of halogens is 2. The second kappa shape index (κ2) is 9.17. The lowest BCUT2D eigenvalue weighted by Gasteiger charge is -2.32. The van der Waals surface area contributed by atoms with Gasteiger partial charge in [-0.3, -0.25) is 4.79 Å². The van der Waals surface area contributed by atoms with E-state index in [2.05, 4.69) is 22.3 Å². The van der Waals surface area contributed by atoms with Crippen LogP contribution in [0.15, 0.2) is 60.7 Å². The largest absolute Gasteiger partial charge is 0.351 e. The number of hydrogen-bond donors (Lipinski definition) is 1. The molecule has 5 heteroatoms. The summed E-state index contributed by atoms with van der Waals surface area (Å²) in [4.78, 5) is 14.9. The number of likely N-dealkylation sites (tertiary alicyclic amines) is 1. The second-order valence-corrected chi connectivity index (χ2v) is 8.36. The number of carbonyl (C=O) groups excluding carboxylic acids is 1. The van der Waals surface area contributed by atoms with E-state index in [1.165, 1.54) is 0 Å². The Morgan fingerprint density at radius 1 is 0.966 bits per heavy atom. The van der Waals surface area contributed by atoms with E-state index in [1.54, 1.807) is 0 Å². The van der Waals surface area contributed by atoms with Gasteiger partial charge < -0.3 is 10.2 Å². The highest BCUT2D eigenvalue weighted by Crippen LogP contribution is 2.36. The first-order valence-electron chi connectivity index (χ1n) is 10.0. The summed E-state index contributed by atoms with van der Waals surface area (Å²) in [5.41, 5.74) is 1.86. The van der Waals surface area contributed by atoms with Gasteiger partial charge in [-0.1, -0.05) is 65.7 Å². The summed E-state index contributed by atoms with van der Waals surface area (Å²) in [5.74, 6) is 0.431. The molecular formula is C24H24Cl2N2O. The standard InChI is InChI=1S/C24H24Cl2N2O/c25-22-7-3-6-21(23(22)26)18-10-13-28(14-11-18)15-12-27-24(29)20-9-8-17-4-1-2-5-19(17)16-20/h1-9,16,18H,10-15H2,(H,27,29). The van der Waals surface area contributed by atoms with Gasteiger partial charge in [0, 0.05) is 18.7 Å². The van der Waals surface area contributed by atoms with Crippen molar-refractivity contribution < 1.29 is 4.79 Å². The molecule has 29 heavy (non-hydrogen) atoms. The molecule has 3 aromatic carbocycles. The van der Waals surface area contributed by atoms with E-state index in [0.29, 0.717) is 28.1 Å². The van der Waals surface area contributed by atoms with E-state index in [4.69, 9.17) is 23.2 Å². The number of piperidine rings is 1. The highest BCUT2D eigenvalue weighted by atomic mass is 35.5. The second-order valence-electron chi connectivity index (χ2n) is 7.58. The summed E-state index contributed by atoms with van der Waals surface area (Å²) in [7, 11) is 0. The number of fused-ring (bicyclic) bond motifs is 1. The zero-order valence-corrected chi connectivity index (χ0v) is 17.7. The summed E-state index contributed by atoms with van der Waals surface area (Å²) < 4.78 is 0. The monoisotopic (exact) mass is 426 g/mol. The Morgan fingerprint density at radius 3 is 2.52 bits per heavy atom. The maximum Gasteiger partial charge on any atom is 0.251 e. The lowest BCUT2D eigenvalue weighted by Crippen LogP contribution is -2.39. The van der Waals surface area contributed by atoms with E-state index in [0.717, 1.165) is 48.8 Å². The van der Waals surface area contributed by atoms with Crippen LogP contribution in [0.4, 0.5) is 0 Å². The van der Waals surface area contributed by atoms with Crippen LogP contribution < -0.4 is 5.32 Å². The third kappa shape index (κ3) is 4.75. The Kier molecular flexibility index (Phi) is 6.39. The number of hydrogen-bond acceptors (Lipinski definition) is 2. The Morgan fingerprint density at radius 2 is 1.72 bits per heavy atom. The van der Waals surface area contributed by atoms with E-state index >= 15 is 0 Å². The predicted octanol–water partition coefficient (Wildman–Crippen LogP) is 5.76. The summed E-state index contributed by atoms with van der Waals surface area (Å²) in [5, 5.41) is 6.60. The molecule has 0 unspecified atom stereocenters. The molecule has 0 bridgehead atoms. The Labute approximate surface area is 181 Å². The Balaban J connectivity index is 1.26. The number of nitrogens with one attached hydrogen (secondary N) is 1. The molecular weight excluding hydrogens is 403 g/mol. The number of benzene rings is 3. The van der Waals surface area contributed by atoms with Crippen LogP contribution in [0.1, 0.15) is 34.7 Å². The van der Waals surface area contributed by atoms with E-state index in [9.17, 15) is 4.79 Å². The Bertz CT molecular complexity index is 1010. The van der Waals surface area contributed by atoms with Crippen molar-refractivity contribution in [2.75, 3.05) is 26.2 Å². The molecule has 0 saturated carbocycles. The molecule has 1 aliphatic rings. The lowest BCUT2D eigenvalue weighted by molar-refractivity contribution is 0.0946. The van der Waals surface area contributed by atoms with Crippen molar-refractivity contribution in [2.45, 2.75) is 18.8 Å². The van der Waals surface area contributed by atoms with Gasteiger partial charge in [0.25, 0.3) is 5.91 Å². The molecule has 0 atom stereocenters. The maximum absolute atomic E-state index is 12.5. The average Bonchev–Trinajstić information content (AvgIpc) is 2.76. The van der Waals surface area contributed by atoms with E-state index in [1.807, 2.05) is 48.5 Å². The van der Waals surface area contributed by atoms with Crippen molar-refractivity contribution in [1.82, 2.24) is 10.2 Å². The summed E-state index contributed by atoms with van der Waals surface area (Å²) in [6.45, 7) is 3.50. The SMILES string of the molecule is O=C(NCCN1CCC(c2cccc(Cl)c2Cl)CC1)c1ccc2ccccc2c1. The molecule has 0 aromatic heterocycles. The van der Waals surface area contributed by atoms with Crippen LogP contribution >= 0.6 is 23.2 Å². The fraction of sp³-hybridized carbons (Fsp3) is 0.292. The van der Waals surface area contributed by atoms with Gasteiger partial charge in [-0.25, -0.2) is 0 Å². The quantitative estimate of drug-likeness (QED) is 0.562. The van der Waals surface area contributed by atoms with Crippen molar-refractivity contribution in [3.8, 4) is 0 Å².